The fraction of sp³-hybridized carbons (Fsp3) is 0.360. The van der Waals surface area contributed by atoms with Crippen LogP contribution in [0.2, 0.25) is 0 Å². The van der Waals surface area contributed by atoms with Crippen LogP contribution in [0.4, 0.5) is 10.2 Å². The number of halogens is 1. The Hall–Kier alpha value is -3.79. The van der Waals surface area contributed by atoms with E-state index in [0.29, 0.717) is 56.1 Å². The number of carbonyl (C=O) groups is 2. The molecule has 1 fully saturated rings. The molecule has 0 spiro atoms. The Kier molecular flexibility index (Phi) is 8.04. The van der Waals surface area contributed by atoms with E-state index in [1.807, 2.05) is 11.0 Å². The van der Waals surface area contributed by atoms with Crippen LogP contribution in [-0.2, 0) is 11.2 Å². The smallest absolute Gasteiger partial charge is 0.255 e. The van der Waals surface area contributed by atoms with Gasteiger partial charge in [0.25, 0.3) is 5.91 Å². The van der Waals surface area contributed by atoms with Crippen molar-refractivity contribution in [3.05, 3.63) is 65.7 Å². The van der Waals surface area contributed by atoms with Gasteiger partial charge in [-0.3, -0.25) is 14.7 Å². The van der Waals surface area contributed by atoms with Crippen LogP contribution in [0.5, 0.6) is 0 Å². The highest BCUT2D eigenvalue weighted by Crippen LogP contribution is 2.22. The Morgan fingerprint density at radius 1 is 1.29 bits per heavy atom. The van der Waals surface area contributed by atoms with Gasteiger partial charge in [0.15, 0.2) is 0 Å². The summed E-state index contributed by atoms with van der Waals surface area (Å²) in [5, 5.41) is 12.8. The zero-order chi connectivity index (χ0) is 24.6. The fourth-order valence-electron chi connectivity index (χ4n) is 4.15. The van der Waals surface area contributed by atoms with Gasteiger partial charge in [-0.05, 0) is 55.6 Å². The van der Waals surface area contributed by atoms with E-state index in [2.05, 4.69) is 25.8 Å². The van der Waals surface area contributed by atoms with Crippen molar-refractivity contribution in [3.8, 4) is 11.3 Å². The van der Waals surface area contributed by atoms with Gasteiger partial charge in [0.05, 0.1) is 23.4 Å². The lowest BCUT2D eigenvalue weighted by Gasteiger charge is -2.17. The highest BCUT2D eigenvalue weighted by Gasteiger charge is 2.31. The van der Waals surface area contributed by atoms with Gasteiger partial charge in [0.1, 0.15) is 11.6 Å². The van der Waals surface area contributed by atoms with Crippen LogP contribution in [0.3, 0.4) is 0 Å². The maximum atomic E-state index is 13.5. The van der Waals surface area contributed by atoms with E-state index < -0.39 is 0 Å². The van der Waals surface area contributed by atoms with Crippen LogP contribution in [0.1, 0.15) is 28.8 Å². The van der Waals surface area contributed by atoms with Crippen LogP contribution in [0.25, 0.3) is 11.3 Å². The average molecular weight is 480 g/mol. The molecular formula is C25H30FN7O2. The Labute approximate surface area is 203 Å². The zero-order valence-electron chi connectivity index (χ0n) is 19.5. The van der Waals surface area contributed by atoms with Crippen LogP contribution in [0.15, 0.2) is 48.8 Å². The van der Waals surface area contributed by atoms with Gasteiger partial charge in [0.2, 0.25) is 5.91 Å². The van der Waals surface area contributed by atoms with Crippen LogP contribution >= 0.6 is 0 Å². The van der Waals surface area contributed by atoms with Gasteiger partial charge in [0, 0.05) is 37.9 Å². The van der Waals surface area contributed by atoms with Crippen molar-refractivity contribution in [2.24, 2.45) is 11.7 Å². The molecule has 1 unspecified atom stereocenters. The van der Waals surface area contributed by atoms with E-state index in [9.17, 15) is 14.0 Å². The van der Waals surface area contributed by atoms with E-state index in [4.69, 9.17) is 5.73 Å². The summed E-state index contributed by atoms with van der Waals surface area (Å²) in [6, 6.07) is 9.87. The molecule has 0 radical (unpaired) electrons. The Bertz CT molecular complexity index is 1150. The van der Waals surface area contributed by atoms with Crippen molar-refractivity contribution >= 4 is 17.6 Å². The number of carbonyl (C=O) groups excluding carboxylic acids is 2. The summed E-state index contributed by atoms with van der Waals surface area (Å²) in [7, 11) is 0. The number of pyridine rings is 1. The number of aromatic amines is 1. The molecule has 2 amide bonds. The van der Waals surface area contributed by atoms with Gasteiger partial charge < -0.3 is 21.3 Å². The van der Waals surface area contributed by atoms with Gasteiger partial charge in [-0.25, -0.2) is 9.37 Å². The largest absolute Gasteiger partial charge is 0.369 e. The number of nitrogens with two attached hydrogens (primary N) is 1. The summed E-state index contributed by atoms with van der Waals surface area (Å²) in [6.45, 7) is 2.61. The van der Waals surface area contributed by atoms with Gasteiger partial charge in [-0.1, -0.05) is 12.1 Å². The van der Waals surface area contributed by atoms with Gasteiger partial charge in [-0.15, -0.1) is 0 Å². The number of anilines is 1. The number of benzene rings is 1. The lowest BCUT2D eigenvalue weighted by atomic mass is 10.1. The molecule has 10 heteroatoms. The number of amides is 2. The van der Waals surface area contributed by atoms with E-state index >= 15 is 0 Å². The Balaban J connectivity index is 1.43. The van der Waals surface area contributed by atoms with Crippen molar-refractivity contribution in [1.82, 2.24) is 25.4 Å². The SMILES string of the molecule is NCCCN1CCC(CNC(=O)c2ccc(-c3cn[nH]c3)nc2NCCc2cccc(F)c2)C1=O. The number of hydrogen-bond donors (Lipinski definition) is 4. The minimum absolute atomic E-state index is 0.0561. The number of likely N-dealkylation sites (tertiary alicyclic amines) is 1. The zero-order valence-corrected chi connectivity index (χ0v) is 19.5. The molecule has 3 aromatic rings. The third-order valence-corrected chi connectivity index (χ3v) is 6.08. The van der Waals surface area contributed by atoms with E-state index in [1.54, 1.807) is 30.6 Å². The van der Waals surface area contributed by atoms with Crippen LogP contribution in [-0.4, -0.2) is 64.6 Å². The first kappa shape index (κ1) is 24.3. The predicted molar refractivity (Wildman–Crippen MR) is 131 cm³/mol. The quantitative estimate of drug-likeness (QED) is 0.334. The Morgan fingerprint density at radius 2 is 2.17 bits per heavy atom. The first-order valence-corrected chi connectivity index (χ1v) is 11.8. The molecule has 2 aromatic heterocycles. The Morgan fingerprint density at radius 3 is 2.94 bits per heavy atom. The highest BCUT2D eigenvalue weighted by molar-refractivity contribution is 5.99. The molecule has 5 N–H and O–H groups in total. The molecule has 0 aliphatic carbocycles. The highest BCUT2D eigenvalue weighted by atomic mass is 19.1. The van der Waals surface area contributed by atoms with Crippen molar-refractivity contribution in [2.45, 2.75) is 19.3 Å². The number of hydrogen-bond acceptors (Lipinski definition) is 6. The summed E-state index contributed by atoms with van der Waals surface area (Å²) < 4.78 is 13.5. The molecule has 9 nitrogen and oxygen atoms in total. The standard InChI is InChI=1S/C25H30FN7O2/c26-20-4-1-3-17(13-20)7-10-28-23-21(5-6-22(32-23)19-15-30-31-16-19)24(34)29-14-18-8-12-33(25(18)35)11-2-9-27/h1,3-6,13,15-16,18H,2,7-12,14,27H2,(H,28,32)(H,29,34)(H,30,31). The number of aromatic nitrogens is 3. The fourth-order valence-corrected chi connectivity index (χ4v) is 4.15. The van der Waals surface area contributed by atoms with Gasteiger partial charge in [-0.2, -0.15) is 5.10 Å². The molecule has 3 heterocycles. The van der Waals surface area contributed by atoms with Crippen molar-refractivity contribution in [1.29, 1.82) is 0 Å². The second-order valence-corrected chi connectivity index (χ2v) is 8.55. The molecule has 1 aliphatic rings. The van der Waals surface area contributed by atoms with Crippen LogP contribution < -0.4 is 16.4 Å². The molecular weight excluding hydrogens is 449 g/mol. The molecule has 1 aromatic carbocycles. The first-order valence-electron chi connectivity index (χ1n) is 11.8. The van der Waals surface area contributed by atoms with E-state index in [1.165, 1.54) is 12.1 Å². The summed E-state index contributed by atoms with van der Waals surface area (Å²) in [6.07, 6.45) is 5.41. The molecule has 184 valence electrons. The molecule has 4 rings (SSSR count). The number of nitrogens with one attached hydrogen (secondary N) is 3. The molecule has 35 heavy (non-hydrogen) atoms. The summed E-state index contributed by atoms with van der Waals surface area (Å²) in [4.78, 5) is 32.1. The third-order valence-electron chi connectivity index (χ3n) is 6.08. The number of nitrogens with zero attached hydrogens (tertiary/aromatic N) is 3. The molecule has 1 atom stereocenters. The summed E-state index contributed by atoms with van der Waals surface area (Å²) in [5.74, 6) is -0.358. The molecule has 1 saturated heterocycles. The lowest BCUT2D eigenvalue weighted by molar-refractivity contribution is -0.130. The topological polar surface area (TPSA) is 129 Å². The number of H-pyrrole nitrogens is 1. The minimum Gasteiger partial charge on any atom is -0.369 e. The average Bonchev–Trinajstić information content (AvgIpc) is 3.52. The molecule has 1 aliphatic heterocycles. The predicted octanol–water partition coefficient (Wildman–Crippen LogP) is 2.19. The second kappa shape index (κ2) is 11.6. The maximum absolute atomic E-state index is 13.5. The van der Waals surface area contributed by atoms with Crippen molar-refractivity contribution in [2.75, 3.05) is 38.0 Å². The van der Waals surface area contributed by atoms with Gasteiger partial charge >= 0.3 is 0 Å². The maximum Gasteiger partial charge on any atom is 0.255 e. The van der Waals surface area contributed by atoms with Crippen molar-refractivity contribution in [3.63, 3.8) is 0 Å². The summed E-state index contributed by atoms with van der Waals surface area (Å²) in [5.41, 5.74) is 8.22. The number of rotatable bonds is 11. The third kappa shape index (κ3) is 6.21. The minimum atomic E-state index is -0.308. The van der Waals surface area contributed by atoms with E-state index in [-0.39, 0.29) is 30.1 Å². The van der Waals surface area contributed by atoms with E-state index in [0.717, 1.165) is 17.5 Å². The first-order chi connectivity index (χ1) is 17.0. The lowest BCUT2D eigenvalue weighted by Crippen LogP contribution is -2.35. The normalized spacial score (nSPS) is 15.4. The van der Waals surface area contributed by atoms with Crippen LogP contribution in [0, 0.1) is 11.7 Å². The monoisotopic (exact) mass is 479 g/mol. The van der Waals surface area contributed by atoms with Crippen molar-refractivity contribution < 1.29 is 14.0 Å². The molecule has 0 saturated carbocycles. The second-order valence-electron chi connectivity index (χ2n) is 8.55. The molecule has 0 bridgehead atoms. The summed E-state index contributed by atoms with van der Waals surface area (Å²) >= 11 is 0.